The maximum Gasteiger partial charge on any atom is -0.0512 e. The Morgan fingerprint density at radius 2 is 0.971 bits per heavy atom. The molecule has 2 aliphatic carbocycles. The zero-order valence-corrected chi connectivity index (χ0v) is 23.6. The van der Waals surface area contributed by atoms with Gasteiger partial charge in [0.05, 0.1) is 0 Å². The average molecular weight is 567 g/mol. The van der Waals surface area contributed by atoms with Gasteiger partial charge in [0.25, 0.3) is 0 Å². The van der Waals surface area contributed by atoms with Crippen molar-refractivity contribution in [1.29, 1.82) is 0 Å². The summed E-state index contributed by atoms with van der Waals surface area (Å²) in [6.07, 6.45) is 10.9. The first-order valence-corrected chi connectivity index (χ1v) is 19.9. The van der Waals surface area contributed by atoms with Gasteiger partial charge in [0.2, 0.25) is 0 Å². The summed E-state index contributed by atoms with van der Waals surface area (Å²) in [5, 5.41) is 0. The zero-order chi connectivity index (χ0) is 23.6. The Hall–Kier alpha value is -1.53. The minimum atomic E-state index is -2.44. The Labute approximate surface area is 219 Å². The van der Waals surface area contributed by atoms with Gasteiger partial charge in [0.1, 0.15) is 0 Å². The van der Waals surface area contributed by atoms with Crippen molar-refractivity contribution in [2.75, 3.05) is 0 Å². The Kier molecular flexibility index (Phi) is 10.2. The van der Waals surface area contributed by atoms with Crippen molar-refractivity contribution in [3.8, 4) is 0 Å². The number of rotatable bonds is 2. The van der Waals surface area contributed by atoms with E-state index in [1.165, 1.54) is 51.4 Å². The van der Waals surface area contributed by atoms with Gasteiger partial charge in [-0.2, -0.15) is 46.5 Å². The van der Waals surface area contributed by atoms with Gasteiger partial charge in [-0.15, -0.1) is 0 Å². The molecule has 0 N–H and O–H groups in total. The van der Waals surface area contributed by atoms with E-state index in [1.54, 1.807) is 22.3 Å². The number of halogens is 2. The van der Waals surface area contributed by atoms with Crippen molar-refractivity contribution in [2.24, 2.45) is 0 Å². The molecular weight excluding hydrogens is 534 g/mol. The molecule has 34 heavy (non-hydrogen) atoms. The number of aryl methyl sites for hydroxylation is 4. The fourth-order valence-electron chi connectivity index (χ4n) is 4.82. The minimum Gasteiger partial charge on any atom is -0.210 e. The van der Waals surface area contributed by atoms with E-state index >= 15 is 0 Å². The van der Waals surface area contributed by atoms with E-state index < -0.39 is 18.9 Å². The van der Waals surface area contributed by atoms with Gasteiger partial charge in [-0.25, -0.2) is 12.1 Å². The standard InChI is InChI=1S/C13H10.2C9H11.2ClH.Zr/c1-3-7-12(8-4-1)11-13-9-5-2-6-10-13;2*1-2-5-9-7-3-6-8(9)4-1;;;/h1-10H;2*3,6-7H,1-2,4-5H2;2*1H;/q;2*-1;;;+2/p-2. The van der Waals surface area contributed by atoms with Crippen molar-refractivity contribution in [3.63, 3.8) is 0 Å². The number of hydrogen-bond donors (Lipinski definition) is 0. The van der Waals surface area contributed by atoms with Gasteiger partial charge in [-0.05, 0) is 0 Å². The SMILES string of the molecule is [Cl][Zr]([Cl])=[C](c1ccccc1)c1ccccc1.c1cc2c([cH-]1)CCCC2.c1cc2c([cH-]1)CCCC2. The fraction of sp³-hybridized carbons (Fsp3) is 0.258. The van der Waals surface area contributed by atoms with Crippen LogP contribution in [0.1, 0.15) is 59.1 Å². The molecule has 2 aliphatic rings. The summed E-state index contributed by atoms with van der Waals surface area (Å²) >= 11 is -2.44. The Morgan fingerprint density at radius 3 is 1.35 bits per heavy atom. The molecule has 4 aromatic rings. The molecule has 4 aromatic carbocycles. The van der Waals surface area contributed by atoms with Crippen LogP contribution in [-0.2, 0) is 44.6 Å². The molecule has 0 saturated heterocycles. The van der Waals surface area contributed by atoms with E-state index in [1.807, 2.05) is 36.4 Å². The van der Waals surface area contributed by atoms with Crippen LogP contribution in [0.4, 0.5) is 0 Å². The molecule has 3 heteroatoms. The van der Waals surface area contributed by atoms with E-state index in [0.717, 1.165) is 14.3 Å². The number of fused-ring (bicyclic) bond motifs is 2. The summed E-state index contributed by atoms with van der Waals surface area (Å²) in [5.74, 6) is 0. The smallest absolute Gasteiger partial charge is 0.0512 e. The molecule has 0 bridgehead atoms. The van der Waals surface area contributed by atoms with Crippen LogP contribution in [0.25, 0.3) is 0 Å². The van der Waals surface area contributed by atoms with Crippen molar-refractivity contribution in [3.05, 3.63) is 130 Å². The predicted octanol–water partition coefficient (Wildman–Crippen LogP) is 8.75. The van der Waals surface area contributed by atoms with Crippen LogP contribution in [0, 0.1) is 0 Å². The topological polar surface area (TPSA) is 0 Å². The predicted molar refractivity (Wildman–Crippen MR) is 145 cm³/mol. The monoisotopic (exact) mass is 564 g/mol. The summed E-state index contributed by atoms with van der Waals surface area (Å²) in [7, 11) is 12.5. The van der Waals surface area contributed by atoms with Crippen LogP contribution >= 0.6 is 17.0 Å². The average Bonchev–Trinajstić information content (AvgIpc) is 3.56. The second-order valence-corrected chi connectivity index (χ2v) is 17.1. The Balaban J connectivity index is 0.000000129. The summed E-state index contributed by atoms with van der Waals surface area (Å²) in [5.41, 5.74) is 8.69. The van der Waals surface area contributed by atoms with Crippen LogP contribution in [0.2, 0.25) is 0 Å². The van der Waals surface area contributed by atoms with Crippen LogP contribution in [0.3, 0.4) is 0 Å². The van der Waals surface area contributed by atoms with E-state index in [-0.39, 0.29) is 0 Å². The Bertz CT molecular complexity index is 1040. The number of benzene rings is 2. The second kappa shape index (κ2) is 13.5. The van der Waals surface area contributed by atoms with Crippen LogP contribution in [0.5, 0.6) is 0 Å². The van der Waals surface area contributed by atoms with Gasteiger partial charge in [0.15, 0.2) is 0 Å². The summed E-state index contributed by atoms with van der Waals surface area (Å²) in [6.45, 7) is 0. The zero-order valence-electron chi connectivity index (χ0n) is 19.7. The van der Waals surface area contributed by atoms with Crippen molar-refractivity contribution in [2.45, 2.75) is 51.4 Å². The molecule has 0 nitrogen and oxygen atoms in total. The third-order valence-electron chi connectivity index (χ3n) is 6.61. The first-order chi connectivity index (χ1) is 16.7. The van der Waals surface area contributed by atoms with E-state index in [4.69, 9.17) is 17.0 Å². The molecule has 176 valence electrons. The van der Waals surface area contributed by atoms with Gasteiger partial charge in [-0.1, -0.05) is 51.4 Å². The van der Waals surface area contributed by atoms with Gasteiger partial charge in [-0.3, -0.25) is 0 Å². The van der Waals surface area contributed by atoms with Gasteiger partial charge in [0, 0.05) is 0 Å². The van der Waals surface area contributed by atoms with Crippen molar-refractivity contribution < 1.29 is 18.9 Å². The first kappa shape index (κ1) is 25.6. The molecule has 0 atom stereocenters. The molecule has 0 aromatic heterocycles. The minimum absolute atomic E-state index is 1.15. The van der Waals surface area contributed by atoms with Crippen molar-refractivity contribution in [1.82, 2.24) is 0 Å². The molecular formula is C31H32Cl2Zr-2. The van der Waals surface area contributed by atoms with E-state index in [0.29, 0.717) is 0 Å². The van der Waals surface area contributed by atoms with Gasteiger partial charge >= 0.3 is 111 Å². The maximum absolute atomic E-state index is 6.24. The summed E-state index contributed by atoms with van der Waals surface area (Å²) in [6, 6.07) is 33.7. The fourth-order valence-corrected chi connectivity index (χ4v) is 9.29. The third kappa shape index (κ3) is 7.24. The molecule has 0 unspecified atom stereocenters. The van der Waals surface area contributed by atoms with Crippen LogP contribution in [0.15, 0.2) is 97.1 Å². The normalized spacial score (nSPS) is 13.8. The molecule has 0 fully saturated rings. The Morgan fingerprint density at radius 1 is 0.559 bits per heavy atom. The molecule has 6 rings (SSSR count). The van der Waals surface area contributed by atoms with E-state index in [2.05, 4.69) is 60.7 Å². The molecule has 0 saturated carbocycles. The first-order valence-electron chi connectivity index (χ1n) is 12.4. The molecule has 0 aliphatic heterocycles. The van der Waals surface area contributed by atoms with Gasteiger partial charge < -0.3 is 0 Å². The molecule has 0 radical (unpaired) electrons. The summed E-state index contributed by atoms with van der Waals surface area (Å²) < 4.78 is 1.15. The largest absolute Gasteiger partial charge is 0.210 e. The molecule has 0 spiro atoms. The summed E-state index contributed by atoms with van der Waals surface area (Å²) in [4.78, 5) is 0. The van der Waals surface area contributed by atoms with Crippen molar-refractivity contribution >= 4 is 20.2 Å². The maximum atomic E-state index is 6.24. The van der Waals surface area contributed by atoms with Crippen LogP contribution < -0.4 is 0 Å². The number of hydrogen-bond acceptors (Lipinski definition) is 0. The molecule has 0 heterocycles. The third-order valence-corrected chi connectivity index (χ3v) is 11.2. The van der Waals surface area contributed by atoms with E-state index in [9.17, 15) is 0 Å². The van der Waals surface area contributed by atoms with Crippen LogP contribution in [-0.4, -0.2) is 3.21 Å². The quantitative estimate of drug-likeness (QED) is 0.213. The second-order valence-electron chi connectivity index (χ2n) is 8.93. The molecule has 0 amide bonds.